The van der Waals surface area contributed by atoms with Gasteiger partial charge in [-0.25, -0.2) is 9.97 Å². The molecule has 0 unspecified atom stereocenters. The SMILES string of the molecule is CC(=NNC(=S)NC(C)(C)C)c1nc2ncccc2[nH]1. The number of nitrogens with one attached hydrogen (secondary N) is 3. The van der Waals surface area contributed by atoms with E-state index in [2.05, 4.69) is 30.8 Å². The van der Waals surface area contributed by atoms with E-state index in [1.165, 1.54) is 0 Å². The normalized spacial score (nSPS) is 12.5. The summed E-state index contributed by atoms with van der Waals surface area (Å²) in [6, 6.07) is 3.78. The molecule has 0 aliphatic carbocycles. The summed E-state index contributed by atoms with van der Waals surface area (Å²) in [5.74, 6) is 0.671. The van der Waals surface area contributed by atoms with Crippen LogP contribution >= 0.6 is 12.2 Å². The summed E-state index contributed by atoms with van der Waals surface area (Å²) in [6.07, 6.45) is 1.71. The lowest BCUT2D eigenvalue weighted by molar-refractivity contribution is 0.508. The van der Waals surface area contributed by atoms with Crippen LogP contribution in [0.3, 0.4) is 0 Å². The summed E-state index contributed by atoms with van der Waals surface area (Å²) in [5, 5.41) is 7.82. The van der Waals surface area contributed by atoms with Gasteiger partial charge in [0.05, 0.1) is 5.52 Å². The molecule has 2 rings (SSSR count). The molecule has 0 atom stereocenters. The third-order valence-corrected chi connectivity index (χ3v) is 2.61. The first-order valence-corrected chi connectivity index (χ1v) is 6.69. The van der Waals surface area contributed by atoms with Gasteiger partial charge in [0, 0.05) is 11.7 Å². The lowest BCUT2D eigenvalue weighted by atomic mass is 10.1. The summed E-state index contributed by atoms with van der Waals surface area (Å²) in [5.41, 5.74) is 4.97. The van der Waals surface area contributed by atoms with Crippen LogP contribution in [0.25, 0.3) is 11.2 Å². The fraction of sp³-hybridized carbons (Fsp3) is 0.385. The van der Waals surface area contributed by atoms with E-state index in [-0.39, 0.29) is 5.54 Å². The van der Waals surface area contributed by atoms with E-state index >= 15 is 0 Å². The molecule has 106 valence electrons. The van der Waals surface area contributed by atoms with Crippen molar-refractivity contribution < 1.29 is 0 Å². The zero-order valence-electron chi connectivity index (χ0n) is 12.0. The molecule has 2 aromatic heterocycles. The monoisotopic (exact) mass is 290 g/mol. The first-order chi connectivity index (χ1) is 9.35. The number of imidazole rings is 1. The molecule has 0 aliphatic heterocycles. The number of pyridine rings is 1. The Morgan fingerprint density at radius 2 is 2.15 bits per heavy atom. The van der Waals surface area contributed by atoms with Crippen molar-refractivity contribution in [2.24, 2.45) is 5.10 Å². The molecular formula is C13H18N6S. The summed E-state index contributed by atoms with van der Waals surface area (Å²) in [6.45, 7) is 7.94. The molecule has 20 heavy (non-hydrogen) atoms. The summed E-state index contributed by atoms with van der Waals surface area (Å²) >= 11 is 5.16. The molecule has 0 fully saturated rings. The quantitative estimate of drug-likeness (QED) is 0.447. The lowest BCUT2D eigenvalue weighted by Gasteiger charge is -2.21. The van der Waals surface area contributed by atoms with Crippen molar-refractivity contribution >= 4 is 34.2 Å². The van der Waals surface area contributed by atoms with Crippen LogP contribution in [0.2, 0.25) is 0 Å². The van der Waals surface area contributed by atoms with Crippen molar-refractivity contribution in [3.05, 3.63) is 24.2 Å². The highest BCUT2D eigenvalue weighted by Gasteiger charge is 2.11. The zero-order valence-corrected chi connectivity index (χ0v) is 12.8. The molecule has 3 N–H and O–H groups in total. The Labute approximate surface area is 123 Å². The lowest BCUT2D eigenvalue weighted by Crippen LogP contribution is -2.44. The number of fused-ring (bicyclic) bond motifs is 1. The molecule has 0 spiro atoms. The van der Waals surface area contributed by atoms with Crippen molar-refractivity contribution in [2.45, 2.75) is 33.2 Å². The molecule has 7 heteroatoms. The summed E-state index contributed by atoms with van der Waals surface area (Å²) in [7, 11) is 0. The van der Waals surface area contributed by atoms with E-state index in [1.54, 1.807) is 6.20 Å². The highest BCUT2D eigenvalue weighted by atomic mass is 32.1. The average molecular weight is 290 g/mol. The molecule has 0 saturated carbocycles. The average Bonchev–Trinajstić information content (AvgIpc) is 2.77. The van der Waals surface area contributed by atoms with E-state index in [1.807, 2.05) is 39.8 Å². The Morgan fingerprint density at radius 3 is 2.80 bits per heavy atom. The maximum atomic E-state index is 5.16. The molecule has 0 saturated heterocycles. The van der Waals surface area contributed by atoms with Gasteiger partial charge in [-0.05, 0) is 52.0 Å². The number of H-pyrrole nitrogens is 1. The predicted molar refractivity (Wildman–Crippen MR) is 84.7 cm³/mol. The third kappa shape index (κ3) is 3.74. The van der Waals surface area contributed by atoms with Gasteiger partial charge < -0.3 is 10.3 Å². The van der Waals surface area contributed by atoms with Gasteiger partial charge in [0.25, 0.3) is 0 Å². The molecule has 0 bridgehead atoms. The van der Waals surface area contributed by atoms with Crippen LogP contribution in [-0.2, 0) is 0 Å². The molecule has 0 aliphatic rings. The number of thiocarbonyl (C=S) groups is 1. The fourth-order valence-corrected chi connectivity index (χ4v) is 1.92. The van der Waals surface area contributed by atoms with Gasteiger partial charge >= 0.3 is 0 Å². The minimum absolute atomic E-state index is 0.100. The second kappa shape index (κ2) is 5.54. The highest BCUT2D eigenvalue weighted by molar-refractivity contribution is 7.80. The largest absolute Gasteiger partial charge is 0.357 e. The molecule has 0 aromatic carbocycles. The van der Waals surface area contributed by atoms with Crippen molar-refractivity contribution in [2.75, 3.05) is 0 Å². The van der Waals surface area contributed by atoms with E-state index in [0.717, 1.165) is 5.52 Å². The smallest absolute Gasteiger partial charge is 0.187 e. The Balaban J connectivity index is 2.08. The van der Waals surface area contributed by atoms with Gasteiger partial charge in [-0.2, -0.15) is 5.10 Å². The number of hydrogen-bond donors (Lipinski definition) is 3. The second-order valence-electron chi connectivity index (χ2n) is 5.47. The Kier molecular flexibility index (Phi) is 3.99. The van der Waals surface area contributed by atoms with Crippen molar-refractivity contribution in [3.63, 3.8) is 0 Å². The number of hydrogen-bond acceptors (Lipinski definition) is 4. The predicted octanol–water partition coefficient (Wildman–Crippen LogP) is 1.94. The highest BCUT2D eigenvalue weighted by Crippen LogP contribution is 2.07. The van der Waals surface area contributed by atoms with Gasteiger partial charge in [0.15, 0.2) is 16.6 Å². The van der Waals surface area contributed by atoms with Crippen LogP contribution < -0.4 is 10.7 Å². The molecule has 2 aromatic rings. The van der Waals surface area contributed by atoms with Crippen LogP contribution in [-0.4, -0.2) is 31.3 Å². The molecule has 2 heterocycles. The van der Waals surface area contributed by atoms with E-state index in [0.29, 0.717) is 22.3 Å². The van der Waals surface area contributed by atoms with E-state index in [4.69, 9.17) is 12.2 Å². The van der Waals surface area contributed by atoms with Crippen LogP contribution in [0.15, 0.2) is 23.4 Å². The van der Waals surface area contributed by atoms with Crippen LogP contribution in [0.1, 0.15) is 33.5 Å². The topological polar surface area (TPSA) is 78.0 Å². The maximum absolute atomic E-state index is 5.16. The van der Waals surface area contributed by atoms with Gasteiger partial charge in [-0.3, -0.25) is 5.43 Å². The van der Waals surface area contributed by atoms with Gasteiger partial charge in [0.2, 0.25) is 0 Å². The minimum Gasteiger partial charge on any atom is -0.357 e. The third-order valence-electron chi connectivity index (χ3n) is 2.41. The first-order valence-electron chi connectivity index (χ1n) is 6.29. The molecular weight excluding hydrogens is 272 g/mol. The number of aromatic nitrogens is 3. The van der Waals surface area contributed by atoms with E-state index in [9.17, 15) is 0 Å². The number of nitrogens with zero attached hydrogens (tertiary/aromatic N) is 3. The Bertz CT molecular complexity index is 619. The van der Waals surface area contributed by atoms with Crippen LogP contribution in [0.4, 0.5) is 0 Å². The minimum atomic E-state index is -0.100. The van der Waals surface area contributed by atoms with Crippen molar-refractivity contribution in [1.82, 2.24) is 25.7 Å². The number of aromatic amines is 1. The number of hydrazone groups is 1. The van der Waals surface area contributed by atoms with Gasteiger partial charge in [-0.1, -0.05) is 0 Å². The van der Waals surface area contributed by atoms with Gasteiger partial charge in [-0.15, -0.1) is 0 Å². The summed E-state index contributed by atoms with van der Waals surface area (Å²) in [4.78, 5) is 11.7. The standard InChI is InChI=1S/C13H18N6S/c1-8(18-19-12(20)17-13(2,3)4)10-15-9-6-5-7-14-11(9)16-10/h5-7H,1-4H3,(H,14,15,16)(H2,17,19,20). The van der Waals surface area contributed by atoms with Gasteiger partial charge in [0.1, 0.15) is 5.71 Å². The van der Waals surface area contributed by atoms with Crippen LogP contribution in [0, 0.1) is 0 Å². The van der Waals surface area contributed by atoms with Crippen molar-refractivity contribution in [3.8, 4) is 0 Å². The molecule has 0 amide bonds. The molecule has 6 nitrogen and oxygen atoms in total. The first kappa shape index (κ1) is 14.4. The Morgan fingerprint density at radius 1 is 1.40 bits per heavy atom. The number of rotatable bonds is 2. The fourth-order valence-electron chi connectivity index (χ4n) is 1.57. The summed E-state index contributed by atoms with van der Waals surface area (Å²) < 4.78 is 0. The van der Waals surface area contributed by atoms with E-state index < -0.39 is 0 Å². The molecule has 0 radical (unpaired) electrons. The Hall–Kier alpha value is -2.02. The van der Waals surface area contributed by atoms with Crippen LogP contribution in [0.5, 0.6) is 0 Å². The van der Waals surface area contributed by atoms with Crippen molar-refractivity contribution in [1.29, 1.82) is 0 Å². The maximum Gasteiger partial charge on any atom is 0.187 e. The zero-order chi connectivity index (χ0) is 14.8. The second-order valence-corrected chi connectivity index (χ2v) is 5.88.